The summed E-state index contributed by atoms with van der Waals surface area (Å²) in [6.45, 7) is 3.68. The van der Waals surface area contributed by atoms with Crippen molar-refractivity contribution in [3.05, 3.63) is 11.1 Å². The van der Waals surface area contributed by atoms with Crippen LogP contribution in [0.3, 0.4) is 0 Å². The quantitative estimate of drug-likeness (QED) is 0.482. The maximum Gasteiger partial charge on any atom is 0.119 e. The third kappa shape index (κ3) is 7.89. The number of carbonyl (C=O) groups is 1. The Hall–Kier alpha value is -0.110. The van der Waals surface area contributed by atoms with Gasteiger partial charge in [0, 0.05) is 6.42 Å². The number of hydrogen-bond acceptors (Lipinski definition) is 1. The summed E-state index contributed by atoms with van der Waals surface area (Å²) in [5.41, 5.74) is 0. The third-order valence-corrected chi connectivity index (χ3v) is 1.42. The number of hydrogen-bond donors (Lipinski definition) is 0. The van der Waals surface area contributed by atoms with E-state index in [0.717, 1.165) is 30.0 Å². The lowest BCUT2D eigenvalue weighted by Gasteiger charge is -1.92. The van der Waals surface area contributed by atoms with Crippen molar-refractivity contribution in [1.29, 1.82) is 0 Å². The highest BCUT2D eigenvalue weighted by molar-refractivity contribution is 9.11. The monoisotopic (exact) mass is 190 g/mol. The lowest BCUT2D eigenvalue weighted by molar-refractivity contribution is -0.107. The van der Waals surface area contributed by atoms with Crippen LogP contribution in [0.25, 0.3) is 0 Å². The van der Waals surface area contributed by atoms with Crippen LogP contribution >= 0.6 is 15.9 Å². The number of allylic oxidation sites excluding steroid dienone is 1. The highest BCUT2D eigenvalue weighted by Crippen LogP contribution is 2.11. The van der Waals surface area contributed by atoms with E-state index < -0.39 is 0 Å². The van der Waals surface area contributed by atoms with E-state index in [1.165, 1.54) is 0 Å². The van der Waals surface area contributed by atoms with Crippen LogP contribution < -0.4 is 0 Å². The van der Waals surface area contributed by atoms with Gasteiger partial charge in [-0.2, -0.15) is 0 Å². The van der Waals surface area contributed by atoms with Gasteiger partial charge >= 0.3 is 0 Å². The van der Waals surface area contributed by atoms with Crippen molar-refractivity contribution in [1.82, 2.24) is 0 Å². The molecule has 0 rings (SSSR count). The molecule has 0 amide bonds. The van der Waals surface area contributed by atoms with Crippen molar-refractivity contribution in [3.8, 4) is 0 Å². The number of unbranched alkanes of at least 4 members (excludes halogenated alkanes) is 2. The largest absolute Gasteiger partial charge is 0.303 e. The Morgan fingerprint density at radius 1 is 1.56 bits per heavy atom. The second-order valence-corrected chi connectivity index (χ2v) is 3.05. The van der Waals surface area contributed by atoms with Crippen molar-refractivity contribution >= 4 is 22.2 Å². The highest BCUT2D eigenvalue weighted by atomic mass is 79.9. The van der Waals surface area contributed by atoms with E-state index in [1.54, 1.807) is 0 Å². The van der Waals surface area contributed by atoms with E-state index in [4.69, 9.17) is 0 Å². The predicted octanol–water partition coefficient (Wildman–Crippen LogP) is 2.65. The minimum atomic E-state index is 0.681. The van der Waals surface area contributed by atoms with Crippen molar-refractivity contribution in [2.45, 2.75) is 25.7 Å². The molecule has 0 radical (unpaired) electrons. The fourth-order valence-electron chi connectivity index (χ4n) is 0.544. The standard InChI is InChI=1S/C7H11BrO/c1-7(8)5-3-2-4-6-9/h6H,1-5H2. The molecule has 0 N–H and O–H groups in total. The summed E-state index contributed by atoms with van der Waals surface area (Å²) < 4.78 is 1.02. The fraction of sp³-hybridized carbons (Fsp3) is 0.571. The molecule has 0 spiro atoms. The van der Waals surface area contributed by atoms with Gasteiger partial charge in [-0.15, -0.1) is 0 Å². The van der Waals surface area contributed by atoms with Gasteiger partial charge in [-0.25, -0.2) is 0 Å². The molecule has 0 aliphatic heterocycles. The van der Waals surface area contributed by atoms with Crippen LogP contribution in [0, 0.1) is 0 Å². The van der Waals surface area contributed by atoms with E-state index in [2.05, 4.69) is 22.5 Å². The van der Waals surface area contributed by atoms with E-state index in [1.807, 2.05) is 0 Å². The predicted molar refractivity (Wildman–Crippen MR) is 42.6 cm³/mol. The summed E-state index contributed by atoms with van der Waals surface area (Å²) >= 11 is 3.24. The van der Waals surface area contributed by atoms with Crippen LogP contribution in [0.5, 0.6) is 0 Å². The molecule has 0 aromatic carbocycles. The number of halogens is 1. The number of rotatable bonds is 5. The van der Waals surface area contributed by atoms with Crippen LogP contribution in [0.2, 0.25) is 0 Å². The van der Waals surface area contributed by atoms with Gasteiger partial charge in [0.1, 0.15) is 6.29 Å². The lowest BCUT2D eigenvalue weighted by Crippen LogP contribution is -1.77. The molecule has 0 saturated carbocycles. The Morgan fingerprint density at radius 3 is 2.67 bits per heavy atom. The molecule has 0 heterocycles. The molecular formula is C7H11BrO. The average Bonchev–Trinajstić information content (AvgIpc) is 1.80. The zero-order chi connectivity index (χ0) is 7.11. The van der Waals surface area contributed by atoms with Gasteiger partial charge in [-0.05, 0) is 23.7 Å². The first-order chi connectivity index (χ1) is 4.27. The van der Waals surface area contributed by atoms with Crippen molar-refractivity contribution in [2.75, 3.05) is 0 Å². The maximum atomic E-state index is 9.82. The Bertz CT molecular complexity index is 99.1. The summed E-state index contributed by atoms with van der Waals surface area (Å²) in [5.74, 6) is 0. The molecule has 9 heavy (non-hydrogen) atoms. The van der Waals surface area contributed by atoms with Gasteiger partial charge in [-0.1, -0.05) is 22.5 Å². The van der Waals surface area contributed by atoms with Crippen LogP contribution in [-0.4, -0.2) is 6.29 Å². The SMILES string of the molecule is C=C(Br)CCCCC=O. The molecule has 0 aliphatic rings. The summed E-state index contributed by atoms with van der Waals surface area (Å²) in [7, 11) is 0. The topological polar surface area (TPSA) is 17.1 Å². The van der Waals surface area contributed by atoms with Gasteiger partial charge in [0.15, 0.2) is 0 Å². The maximum absolute atomic E-state index is 9.82. The normalized spacial score (nSPS) is 9.00. The Balaban J connectivity index is 2.91. The van der Waals surface area contributed by atoms with Gasteiger partial charge < -0.3 is 4.79 Å². The minimum absolute atomic E-state index is 0.681. The molecule has 0 atom stereocenters. The second kappa shape index (κ2) is 6.02. The highest BCUT2D eigenvalue weighted by Gasteiger charge is 1.88. The average molecular weight is 191 g/mol. The first-order valence-electron chi connectivity index (χ1n) is 3.04. The van der Waals surface area contributed by atoms with E-state index >= 15 is 0 Å². The molecule has 0 unspecified atom stereocenters. The number of carbonyl (C=O) groups excluding carboxylic acids is 1. The van der Waals surface area contributed by atoms with Gasteiger partial charge in [0.2, 0.25) is 0 Å². The Kier molecular flexibility index (Phi) is 5.94. The molecule has 0 aromatic heterocycles. The van der Waals surface area contributed by atoms with E-state index in [9.17, 15) is 4.79 Å². The smallest absolute Gasteiger partial charge is 0.119 e. The van der Waals surface area contributed by atoms with Gasteiger partial charge in [0.05, 0.1) is 0 Å². The first-order valence-corrected chi connectivity index (χ1v) is 3.83. The molecule has 2 heteroatoms. The van der Waals surface area contributed by atoms with Crippen LogP contribution in [-0.2, 0) is 4.79 Å². The Labute approximate surface area is 64.3 Å². The molecule has 0 saturated heterocycles. The van der Waals surface area contributed by atoms with Gasteiger partial charge in [0.25, 0.3) is 0 Å². The third-order valence-electron chi connectivity index (χ3n) is 1.02. The van der Waals surface area contributed by atoms with Gasteiger partial charge in [-0.3, -0.25) is 0 Å². The van der Waals surface area contributed by atoms with E-state index in [-0.39, 0.29) is 0 Å². The first kappa shape index (κ1) is 8.89. The molecule has 0 aliphatic carbocycles. The van der Waals surface area contributed by atoms with Crippen molar-refractivity contribution in [2.24, 2.45) is 0 Å². The van der Waals surface area contributed by atoms with Crippen LogP contribution in [0.15, 0.2) is 11.1 Å². The molecule has 0 fully saturated rings. The zero-order valence-corrected chi connectivity index (χ0v) is 6.99. The fourth-order valence-corrected chi connectivity index (χ4v) is 0.825. The zero-order valence-electron chi connectivity index (χ0n) is 5.40. The molecular weight excluding hydrogens is 180 g/mol. The van der Waals surface area contributed by atoms with Crippen LogP contribution in [0.1, 0.15) is 25.7 Å². The molecule has 0 aromatic rings. The summed E-state index contributed by atoms with van der Waals surface area (Å²) in [4.78, 5) is 9.82. The van der Waals surface area contributed by atoms with Crippen molar-refractivity contribution in [3.63, 3.8) is 0 Å². The molecule has 52 valence electrons. The van der Waals surface area contributed by atoms with E-state index in [0.29, 0.717) is 6.42 Å². The van der Waals surface area contributed by atoms with Crippen LogP contribution in [0.4, 0.5) is 0 Å². The summed E-state index contributed by atoms with van der Waals surface area (Å²) in [6, 6.07) is 0. The summed E-state index contributed by atoms with van der Waals surface area (Å²) in [5, 5.41) is 0. The molecule has 0 bridgehead atoms. The number of aldehydes is 1. The lowest BCUT2D eigenvalue weighted by atomic mass is 10.2. The Morgan fingerprint density at radius 2 is 2.22 bits per heavy atom. The summed E-state index contributed by atoms with van der Waals surface area (Å²) in [6.07, 6.45) is 4.65. The molecule has 1 nitrogen and oxygen atoms in total. The van der Waals surface area contributed by atoms with Crippen molar-refractivity contribution < 1.29 is 4.79 Å². The second-order valence-electron chi connectivity index (χ2n) is 1.93. The minimum Gasteiger partial charge on any atom is -0.303 e.